The van der Waals surface area contributed by atoms with E-state index in [4.69, 9.17) is 37.8 Å². The average molecular weight is 669 g/mol. The Balaban J connectivity index is 1.55. The smallest absolute Gasteiger partial charge is 0.335 e. The number of hydrogen-bond acceptors (Lipinski definition) is 6. The summed E-state index contributed by atoms with van der Waals surface area (Å²) in [5.41, 5.74) is 2.26. The van der Waals surface area contributed by atoms with E-state index < -0.39 is 5.97 Å². The molecule has 1 saturated heterocycles. The summed E-state index contributed by atoms with van der Waals surface area (Å²) in [4.78, 5) is 30.4. The number of carboxylic acids is 1. The van der Waals surface area contributed by atoms with Gasteiger partial charge in [-0.15, -0.1) is 0 Å². The Labute approximate surface area is 241 Å². The lowest BCUT2D eigenvalue weighted by Gasteiger charge is -2.14. The van der Waals surface area contributed by atoms with E-state index in [1.807, 2.05) is 12.1 Å². The number of methoxy groups -OCH3 is 1. The van der Waals surface area contributed by atoms with Crippen LogP contribution in [0.2, 0.25) is 10.0 Å². The van der Waals surface area contributed by atoms with Gasteiger partial charge in [-0.05, 0) is 94.5 Å². The van der Waals surface area contributed by atoms with Crippen molar-refractivity contribution in [3.8, 4) is 11.5 Å². The molecule has 1 amide bonds. The molecule has 11 heteroatoms. The molecule has 0 aromatic heterocycles. The van der Waals surface area contributed by atoms with E-state index in [9.17, 15) is 9.59 Å². The van der Waals surface area contributed by atoms with Crippen molar-refractivity contribution in [1.29, 1.82) is 0 Å². The van der Waals surface area contributed by atoms with Crippen molar-refractivity contribution in [2.75, 3.05) is 14.2 Å². The summed E-state index contributed by atoms with van der Waals surface area (Å²) in [6.07, 6.45) is 1.77. The highest BCUT2D eigenvalue weighted by Crippen LogP contribution is 2.38. The van der Waals surface area contributed by atoms with E-state index in [-0.39, 0.29) is 18.1 Å². The van der Waals surface area contributed by atoms with E-state index >= 15 is 0 Å². The fourth-order valence-electron chi connectivity index (χ4n) is 3.34. The molecule has 4 rings (SSSR count). The molecule has 1 N–H and O–H groups in total. The van der Waals surface area contributed by atoms with Crippen LogP contribution in [0.1, 0.15) is 21.5 Å². The second kappa shape index (κ2) is 11.8. The molecule has 0 saturated carbocycles. The predicted octanol–water partition coefficient (Wildman–Crippen LogP) is 7.12. The highest BCUT2D eigenvalue weighted by atomic mass is 127. The van der Waals surface area contributed by atoms with Gasteiger partial charge in [0.15, 0.2) is 16.7 Å². The number of rotatable bonds is 7. The Hall–Kier alpha value is -2.73. The highest BCUT2D eigenvalue weighted by molar-refractivity contribution is 14.1. The van der Waals surface area contributed by atoms with Gasteiger partial charge in [0.25, 0.3) is 5.91 Å². The Kier molecular flexibility index (Phi) is 8.68. The number of benzene rings is 3. The number of aliphatic imine (C=N–C) groups is 1. The van der Waals surface area contributed by atoms with Crippen LogP contribution in [0.15, 0.2) is 64.5 Å². The summed E-state index contributed by atoms with van der Waals surface area (Å²) in [6, 6.07) is 15.0. The molecule has 0 spiro atoms. The first-order valence-corrected chi connectivity index (χ1v) is 13.4. The molecule has 1 aliphatic heterocycles. The standard InChI is InChI=1S/C26H19Cl2IN2O5S/c1-31-24(32)22(37-26(31)30-18-7-4-15(5-8-18)25(33)34)11-14-9-20(29)23(21(10-14)35-2)36-13-16-3-6-17(27)12-19(16)28/h3-12H,13H2,1-2H3,(H,33,34)/b22-11-,30-26?. The van der Waals surface area contributed by atoms with E-state index in [1.165, 1.54) is 28.8 Å². The zero-order chi connectivity index (χ0) is 26.7. The van der Waals surface area contributed by atoms with Gasteiger partial charge in [0.1, 0.15) is 6.61 Å². The number of thioether (sulfide) groups is 1. The largest absolute Gasteiger partial charge is 0.493 e. The first-order valence-electron chi connectivity index (χ1n) is 10.7. The monoisotopic (exact) mass is 668 g/mol. The third-order valence-electron chi connectivity index (χ3n) is 5.28. The molecular formula is C26H19Cl2IN2O5S. The average Bonchev–Trinajstić information content (AvgIpc) is 3.12. The first kappa shape index (κ1) is 27.3. The minimum Gasteiger partial charge on any atom is -0.493 e. The summed E-state index contributed by atoms with van der Waals surface area (Å²) in [7, 11) is 3.19. The molecule has 1 heterocycles. The first-order chi connectivity index (χ1) is 17.7. The van der Waals surface area contributed by atoms with E-state index in [2.05, 4.69) is 27.6 Å². The number of aromatic carboxylic acids is 1. The minimum atomic E-state index is -1.01. The van der Waals surface area contributed by atoms with Crippen molar-refractivity contribution in [2.45, 2.75) is 6.61 Å². The quantitative estimate of drug-likeness (QED) is 0.213. The van der Waals surface area contributed by atoms with Gasteiger partial charge >= 0.3 is 5.97 Å². The van der Waals surface area contributed by atoms with Crippen LogP contribution in [0, 0.1) is 3.57 Å². The van der Waals surface area contributed by atoms with Crippen LogP contribution in [0.5, 0.6) is 11.5 Å². The van der Waals surface area contributed by atoms with Gasteiger partial charge in [-0.1, -0.05) is 29.3 Å². The molecular weight excluding hydrogens is 650 g/mol. The van der Waals surface area contributed by atoms with Crippen molar-refractivity contribution >= 4 is 86.4 Å². The predicted molar refractivity (Wildman–Crippen MR) is 155 cm³/mol. The molecule has 7 nitrogen and oxygen atoms in total. The van der Waals surface area contributed by atoms with Gasteiger partial charge in [0.2, 0.25) is 0 Å². The van der Waals surface area contributed by atoms with Crippen LogP contribution in [0.4, 0.5) is 5.69 Å². The van der Waals surface area contributed by atoms with Gasteiger partial charge in [-0.3, -0.25) is 9.69 Å². The Morgan fingerprint density at radius 2 is 1.89 bits per heavy atom. The van der Waals surface area contributed by atoms with Gasteiger partial charge in [0.05, 0.1) is 26.8 Å². The molecule has 1 aliphatic rings. The fourth-order valence-corrected chi connectivity index (χ4v) is 5.57. The molecule has 3 aromatic rings. The van der Waals surface area contributed by atoms with Crippen LogP contribution < -0.4 is 9.47 Å². The lowest BCUT2D eigenvalue weighted by atomic mass is 10.1. The van der Waals surface area contributed by atoms with Gasteiger partial charge in [-0.25, -0.2) is 9.79 Å². The molecule has 1 fully saturated rings. The summed E-state index contributed by atoms with van der Waals surface area (Å²) >= 11 is 15.6. The zero-order valence-electron chi connectivity index (χ0n) is 19.5. The van der Waals surface area contributed by atoms with Crippen molar-refractivity contribution in [3.05, 3.63) is 89.8 Å². The minimum absolute atomic E-state index is 0.167. The number of nitrogens with zero attached hydrogens (tertiary/aromatic N) is 2. The van der Waals surface area contributed by atoms with E-state index in [0.29, 0.717) is 37.3 Å². The highest BCUT2D eigenvalue weighted by Gasteiger charge is 2.30. The Morgan fingerprint density at radius 1 is 1.16 bits per heavy atom. The van der Waals surface area contributed by atoms with E-state index in [1.54, 1.807) is 50.6 Å². The van der Waals surface area contributed by atoms with E-state index in [0.717, 1.165) is 14.7 Å². The molecule has 0 unspecified atom stereocenters. The van der Waals surface area contributed by atoms with Crippen molar-refractivity contribution < 1.29 is 24.2 Å². The fraction of sp³-hybridized carbons (Fsp3) is 0.115. The molecule has 0 aliphatic carbocycles. The van der Waals surface area contributed by atoms with Crippen LogP contribution in [-0.2, 0) is 11.4 Å². The maximum atomic E-state index is 12.9. The number of carboxylic acid groups (broad SMARTS) is 1. The second-order valence-electron chi connectivity index (χ2n) is 7.78. The third kappa shape index (κ3) is 6.40. The Bertz CT molecular complexity index is 1440. The zero-order valence-corrected chi connectivity index (χ0v) is 24.0. The summed E-state index contributed by atoms with van der Waals surface area (Å²) < 4.78 is 12.4. The van der Waals surface area contributed by atoms with Gasteiger partial charge in [-0.2, -0.15) is 0 Å². The molecule has 0 radical (unpaired) electrons. The normalized spacial score (nSPS) is 15.5. The van der Waals surface area contributed by atoms with Crippen LogP contribution >= 0.6 is 57.6 Å². The SMILES string of the molecule is COc1cc(/C=C2\SC(=Nc3ccc(C(=O)O)cc3)N(C)C2=O)cc(I)c1OCc1ccc(Cl)cc1Cl. The maximum absolute atomic E-state index is 12.9. The maximum Gasteiger partial charge on any atom is 0.335 e. The number of halogens is 3. The molecule has 3 aromatic carbocycles. The topological polar surface area (TPSA) is 88.4 Å². The van der Waals surface area contributed by atoms with Crippen molar-refractivity contribution in [2.24, 2.45) is 4.99 Å². The molecule has 0 bridgehead atoms. The van der Waals surface area contributed by atoms with Crippen molar-refractivity contribution in [1.82, 2.24) is 4.90 Å². The van der Waals surface area contributed by atoms with Crippen LogP contribution in [-0.4, -0.2) is 41.2 Å². The number of carbonyl (C=O) groups is 2. The lowest BCUT2D eigenvalue weighted by molar-refractivity contribution is -0.121. The second-order valence-corrected chi connectivity index (χ2v) is 10.8. The number of likely N-dealkylation sites (N-methyl/N-ethyl adjacent to an activating group) is 1. The van der Waals surface area contributed by atoms with Gasteiger partial charge < -0.3 is 14.6 Å². The molecule has 190 valence electrons. The molecule has 0 atom stereocenters. The van der Waals surface area contributed by atoms with Crippen molar-refractivity contribution in [3.63, 3.8) is 0 Å². The number of carbonyl (C=O) groups excluding carboxylic acids is 1. The van der Waals surface area contributed by atoms with Crippen LogP contribution in [0.25, 0.3) is 6.08 Å². The van der Waals surface area contributed by atoms with Crippen LogP contribution in [0.3, 0.4) is 0 Å². The third-order valence-corrected chi connectivity index (χ3v) is 7.73. The number of hydrogen-bond donors (Lipinski definition) is 1. The Morgan fingerprint density at radius 3 is 2.54 bits per heavy atom. The summed E-state index contributed by atoms with van der Waals surface area (Å²) in [6.45, 7) is 0.231. The summed E-state index contributed by atoms with van der Waals surface area (Å²) in [5, 5.41) is 10.6. The lowest BCUT2D eigenvalue weighted by Crippen LogP contribution is -2.23. The van der Waals surface area contributed by atoms with Gasteiger partial charge in [0, 0.05) is 22.7 Å². The number of ether oxygens (including phenoxy) is 2. The summed E-state index contributed by atoms with van der Waals surface area (Å²) in [5.74, 6) is -0.134. The number of amidine groups is 1. The molecule has 37 heavy (non-hydrogen) atoms. The number of amides is 1.